The smallest absolute Gasteiger partial charge is 0.247 e. The van der Waals surface area contributed by atoms with E-state index in [4.69, 9.17) is 9.84 Å². The van der Waals surface area contributed by atoms with Crippen LogP contribution in [-0.2, 0) is 23.3 Å². The standard InChI is InChI=1S/C22H24N4O2/c27-20-7-6-17(14-23-20)15-25-11-9-22(10-12-25)21-18(8-13-28-22)16-26(24-21)19-4-2-1-3-5-19/h1-7,14,16H,8-13,15H2,(H,23,27). The zero-order valence-corrected chi connectivity index (χ0v) is 15.8. The van der Waals surface area contributed by atoms with Crippen LogP contribution < -0.4 is 5.56 Å². The van der Waals surface area contributed by atoms with Crippen LogP contribution in [0, 0.1) is 0 Å². The number of rotatable bonds is 3. The van der Waals surface area contributed by atoms with Crippen molar-refractivity contribution in [3.8, 4) is 5.69 Å². The molecule has 1 saturated heterocycles. The molecule has 2 aliphatic rings. The van der Waals surface area contributed by atoms with E-state index in [0.29, 0.717) is 0 Å². The highest BCUT2D eigenvalue weighted by atomic mass is 16.5. The van der Waals surface area contributed by atoms with Crippen LogP contribution in [0.25, 0.3) is 5.69 Å². The molecule has 144 valence electrons. The molecule has 5 rings (SSSR count). The van der Waals surface area contributed by atoms with Gasteiger partial charge in [-0.2, -0.15) is 5.10 Å². The van der Waals surface area contributed by atoms with E-state index in [1.165, 1.54) is 5.56 Å². The van der Waals surface area contributed by atoms with Crippen LogP contribution in [0.1, 0.15) is 29.7 Å². The fourth-order valence-corrected chi connectivity index (χ4v) is 4.37. The van der Waals surface area contributed by atoms with E-state index in [2.05, 4.69) is 28.2 Å². The Balaban J connectivity index is 1.34. The van der Waals surface area contributed by atoms with E-state index in [1.807, 2.05) is 35.1 Å². The highest BCUT2D eigenvalue weighted by Gasteiger charge is 2.43. The molecular formula is C22H24N4O2. The predicted octanol–water partition coefficient (Wildman–Crippen LogP) is 2.62. The lowest BCUT2D eigenvalue weighted by molar-refractivity contribution is -0.102. The van der Waals surface area contributed by atoms with Gasteiger partial charge in [-0.15, -0.1) is 0 Å². The van der Waals surface area contributed by atoms with Gasteiger partial charge in [-0.3, -0.25) is 9.69 Å². The highest BCUT2D eigenvalue weighted by molar-refractivity contribution is 5.35. The normalized spacial score (nSPS) is 18.9. The van der Waals surface area contributed by atoms with Crippen molar-refractivity contribution in [3.63, 3.8) is 0 Å². The Morgan fingerprint density at radius 3 is 2.68 bits per heavy atom. The SMILES string of the molecule is O=c1ccc(CN2CCC3(CC2)OCCc2cn(-c4ccccc4)nc23)c[nH]1. The Hall–Kier alpha value is -2.70. The molecule has 28 heavy (non-hydrogen) atoms. The minimum atomic E-state index is -0.269. The summed E-state index contributed by atoms with van der Waals surface area (Å²) in [6, 6.07) is 13.8. The van der Waals surface area contributed by atoms with E-state index < -0.39 is 0 Å². The van der Waals surface area contributed by atoms with Crippen LogP contribution in [0.4, 0.5) is 0 Å². The summed E-state index contributed by atoms with van der Waals surface area (Å²) in [4.78, 5) is 16.4. The minimum absolute atomic E-state index is 0.0570. The van der Waals surface area contributed by atoms with Gasteiger partial charge in [0, 0.05) is 38.1 Å². The van der Waals surface area contributed by atoms with Gasteiger partial charge >= 0.3 is 0 Å². The summed E-state index contributed by atoms with van der Waals surface area (Å²) in [5.41, 5.74) is 4.32. The first kappa shape index (κ1) is 17.4. The van der Waals surface area contributed by atoms with E-state index in [-0.39, 0.29) is 11.2 Å². The molecule has 1 spiro atoms. The Labute approximate surface area is 163 Å². The number of benzene rings is 1. The van der Waals surface area contributed by atoms with Crippen molar-refractivity contribution in [2.45, 2.75) is 31.4 Å². The van der Waals surface area contributed by atoms with Gasteiger partial charge in [-0.1, -0.05) is 24.3 Å². The average Bonchev–Trinajstić information content (AvgIpc) is 3.18. The average molecular weight is 376 g/mol. The molecule has 0 atom stereocenters. The van der Waals surface area contributed by atoms with Gasteiger partial charge in [0.1, 0.15) is 5.60 Å². The van der Waals surface area contributed by atoms with Crippen molar-refractivity contribution < 1.29 is 4.74 Å². The number of para-hydroxylation sites is 1. The molecule has 1 fully saturated rings. The van der Waals surface area contributed by atoms with Crippen LogP contribution in [0.15, 0.2) is 59.7 Å². The van der Waals surface area contributed by atoms with Gasteiger partial charge in [0.05, 0.1) is 18.0 Å². The van der Waals surface area contributed by atoms with Crippen LogP contribution in [-0.4, -0.2) is 39.4 Å². The summed E-state index contributed by atoms with van der Waals surface area (Å²) in [5, 5.41) is 4.95. The number of H-pyrrole nitrogens is 1. The fourth-order valence-electron chi connectivity index (χ4n) is 4.37. The second kappa shape index (κ2) is 7.04. The van der Waals surface area contributed by atoms with Crippen LogP contribution in [0.5, 0.6) is 0 Å². The largest absolute Gasteiger partial charge is 0.368 e. The van der Waals surface area contributed by atoms with Gasteiger partial charge in [-0.05, 0) is 42.5 Å². The lowest BCUT2D eigenvalue weighted by Crippen LogP contribution is -2.46. The third-order valence-electron chi connectivity index (χ3n) is 5.91. The monoisotopic (exact) mass is 376 g/mol. The third-order valence-corrected chi connectivity index (χ3v) is 5.91. The number of piperidine rings is 1. The Morgan fingerprint density at radius 1 is 1.11 bits per heavy atom. The maximum atomic E-state index is 11.2. The van der Waals surface area contributed by atoms with Crippen molar-refractivity contribution in [1.29, 1.82) is 0 Å². The number of hydrogen-bond donors (Lipinski definition) is 1. The molecule has 2 aliphatic heterocycles. The maximum absolute atomic E-state index is 11.2. The topological polar surface area (TPSA) is 63.1 Å². The zero-order chi connectivity index (χ0) is 19.0. The maximum Gasteiger partial charge on any atom is 0.247 e. The molecule has 0 radical (unpaired) electrons. The minimum Gasteiger partial charge on any atom is -0.368 e. The lowest BCUT2D eigenvalue weighted by atomic mass is 9.83. The Kier molecular flexibility index (Phi) is 4.37. The van der Waals surface area contributed by atoms with Gasteiger partial charge in [0.25, 0.3) is 0 Å². The molecule has 0 aliphatic carbocycles. The first-order chi connectivity index (χ1) is 13.7. The lowest BCUT2D eigenvalue weighted by Gasteiger charge is -2.43. The second-order valence-electron chi connectivity index (χ2n) is 7.71. The third kappa shape index (κ3) is 3.19. The van der Waals surface area contributed by atoms with E-state index in [1.54, 1.807) is 6.07 Å². The summed E-state index contributed by atoms with van der Waals surface area (Å²) < 4.78 is 8.34. The first-order valence-electron chi connectivity index (χ1n) is 9.90. The summed E-state index contributed by atoms with van der Waals surface area (Å²) in [6.45, 7) is 3.51. The van der Waals surface area contributed by atoms with Crippen molar-refractivity contribution in [3.05, 3.63) is 82.0 Å². The summed E-state index contributed by atoms with van der Waals surface area (Å²) in [7, 11) is 0. The molecular weight excluding hydrogens is 352 g/mol. The van der Waals surface area contributed by atoms with Crippen molar-refractivity contribution in [1.82, 2.24) is 19.7 Å². The fraction of sp³-hybridized carbons (Fsp3) is 0.364. The van der Waals surface area contributed by atoms with Crippen molar-refractivity contribution in [2.24, 2.45) is 0 Å². The van der Waals surface area contributed by atoms with Crippen molar-refractivity contribution >= 4 is 0 Å². The van der Waals surface area contributed by atoms with Gasteiger partial charge in [0.2, 0.25) is 5.56 Å². The molecule has 0 amide bonds. The molecule has 1 aromatic carbocycles. The molecule has 4 heterocycles. The van der Waals surface area contributed by atoms with Gasteiger partial charge < -0.3 is 9.72 Å². The second-order valence-corrected chi connectivity index (χ2v) is 7.71. The van der Waals surface area contributed by atoms with Gasteiger partial charge in [0.15, 0.2) is 0 Å². The predicted molar refractivity (Wildman–Crippen MR) is 106 cm³/mol. The number of aromatic nitrogens is 3. The Bertz CT molecular complexity index is 996. The highest BCUT2D eigenvalue weighted by Crippen LogP contribution is 2.41. The number of fused-ring (bicyclic) bond motifs is 2. The summed E-state index contributed by atoms with van der Waals surface area (Å²) in [6.07, 6.45) is 6.78. The number of pyridine rings is 1. The summed E-state index contributed by atoms with van der Waals surface area (Å²) in [5.74, 6) is 0. The van der Waals surface area contributed by atoms with Gasteiger partial charge in [-0.25, -0.2) is 4.68 Å². The van der Waals surface area contributed by atoms with E-state index in [0.717, 1.165) is 62.4 Å². The molecule has 0 bridgehead atoms. The molecule has 1 N–H and O–H groups in total. The van der Waals surface area contributed by atoms with Crippen molar-refractivity contribution in [2.75, 3.05) is 19.7 Å². The van der Waals surface area contributed by atoms with E-state index >= 15 is 0 Å². The van der Waals surface area contributed by atoms with Crippen LogP contribution in [0.3, 0.4) is 0 Å². The molecule has 0 unspecified atom stereocenters. The molecule has 2 aromatic heterocycles. The molecule has 6 heteroatoms. The molecule has 3 aromatic rings. The number of likely N-dealkylation sites (tertiary alicyclic amines) is 1. The molecule has 0 saturated carbocycles. The quantitative estimate of drug-likeness (QED) is 0.763. The van der Waals surface area contributed by atoms with E-state index in [9.17, 15) is 4.79 Å². The first-order valence-corrected chi connectivity index (χ1v) is 9.90. The summed E-state index contributed by atoms with van der Waals surface area (Å²) >= 11 is 0. The number of hydrogen-bond acceptors (Lipinski definition) is 4. The number of nitrogens with one attached hydrogen (secondary N) is 1. The molecule has 6 nitrogen and oxygen atoms in total. The number of nitrogens with zero attached hydrogens (tertiary/aromatic N) is 3. The zero-order valence-electron chi connectivity index (χ0n) is 15.8. The number of aromatic amines is 1. The van der Waals surface area contributed by atoms with Crippen LogP contribution in [0.2, 0.25) is 0 Å². The van der Waals surface area contributed by atoms with Crippen LogP contribution >= 0.6 is 0 Å². The number of ether oxygens (including phenoxy) is 1. The Morgan fingerprint density at radius 2 is 1.93 bits per heavy atom.